The molecular weight excluding hydrogens is 189 g/mol. The van der Waals surface area contributed by atoms with Crippen molar-refractivity contribution in [3.8, 4) is 0 Å². The third kappa shape index (κ3) is 6.64. The molecule has 0 saturated carbocycles. The predicted molar refractivity (Wildman–Crippen MR) is 43.4 cm³/mol. The van der Waals surface area contributed by atoms with E-state index in [9.17, 15) is 17.4 Å². The molecule has 0 aromatic heterocycles. The minimum atomic E-state index is -4.11. The Morgan fingerprint density at radius 2 is 1.83 bits per heavy atom. The van der Waals surface area contributed by atoms with Crippen LogP contribution in [-0.2, 0) is 10.8 Å². The number of hydrogen-bond acceptors (Lipinski definition) is 1. The minimum absolute atomic E-state index is 0.0334. The van der Waals surface area contributed by atoms with E-state index in [0.29, 0.717) is 0 Å². The first kappa shape index (κ1) is 11.9. The van der Waals surface area contributed by atoms with Crippen molar-refractivity contribution in [1.82, 2.24) is 0 Å². The third-order valence-corrected chi connectivity index (χ3v) is 3.07. The van der Waals surface area contributed by atoms with Crippen molar-refractivity contribution in [1.29, 1.82) is 0 Å². The second-order valence-electron chi connectivity index (χ2n) is 2.85. The molecular formula is C7H13F3OS. The molecule has 0 fully saturated rings. The summed E-state index contributed by atoms with van der Waals surface area (Å²) < 4.78 is 45.8. The Hall–Kier alpha value is -0.0600. The Labute approximate surface area is 72.8 Å². The van der Waals surface area contributed by atoms with Crippen LogP contribution in [-0.4, -0.2) is 21.4 Å². The van der Waals surface area contributed by atoms with E-state index in [1.807, 2.05) is 0 Å². The van der Waals surface area contributed by atoms with E-state index < -0.39 is 23.4 Å². The van der Waals surface area contributed by atoms with E-state index in [1.54, 1.807) is 13.8 Å². The predicted octanol–water partition coefficient (Wildman–Crippen LogP) is 2.49. The SMILES string of the molecule is CC(C)S(=O)CCCC(F)(F)F. The molecule has 0 radical (unpaired) electrons. The largest absolute Gasteiger partial charge is 0.389 e. The van der Waals surface area contributed by atoms with Crippen LogP contribution in [0.3, 0.4) is 0 Å². The summed E-state index contributed by atoms with van der Waals surface area (Å²) in [5, 5.41) is -0.0433. The van der Waals surface area contributed by atoms with Crippen molar-refractivity contribution in [2.75, 3.05) is 5.75 Å². The number of hydrogen-bond donors (Lipinski definition) is 0. The summed E-state index contributed by atoms with van der Waals surface area (Å²) in [7, 11) is -1.11. The van der Waals surface area contributed by atoms with Gasteiger partial charge >= 0.3 is 6.18 Å². The van der Waals surface area contributed by atoms with Gasteiger partial charge in [-0.1, -0.05) is 13.8 Å². The molecule has 1 unspecified atom stereocenters. The highest BCUT2D eigenvalue weighted by atomic mass is 32.2. The van der Waals surface area contributed by atoms with Gasteiger partial charge in [-0.15, -0.1) is 0 Å². The molecule has 0 spiro atoms. The summed E-state index contributed by atoms with van der Waals surface area (Å²) in [6.07, 6.45) is -4.97. The van der Waals surface area contributed by atoms with Gasteiger partial charge in [0.15, 0.2) is 0 Å². The van der Waals surface area contributed by atoms with Crippen LogP contribution in [0.5, 0.6) is 0 Å². The molecule has 1 atom stereocenters. The topological polar surface area (TPSA) is 17.1 Å². The van der Waals surface area contributed by atoms with Crippen LogP contribution in [0.15, 0.2) is 0 Å². The molecule has 0 rings (SSSR count). The summed E-state index contributed by atoms with van der Waals surface area (Å²) in [4.78, 5) is 0. The highest BCUT2D eigenvalue weighted by Crippen LogP contribution is 2.21. The molecule has 0 aliphatic carbocycles. The van der Waals surface area contributed by atoms with Crippen molar-refractivity contribution in [3.05, 3.63) is 0 Å². The van der Waals surface area contributed by atoms with Crippen LogP contribution in [0.4, 0.5) is 13.2 Å². The van der Waals surface area contributed by atoms with Gasteiger partial charge in [0.05, 0.1) is 0 Å². The van der Waals surface area contributed by atoms with Gasteiger partial charge in [-0.3, -0.25) is 4.21 Å². The zero-order chi connectivity index (χ0) is 9.78. The van der Waals surface area contributed by atoms with Crippen LogP contribution in [0, 0.1) is 0 Å². The molecule has 0 aliphatic heterocycles. The molecule has 0 aromatic carbocycles. The summed E-state index contributed by atoms with van der Waals surface area (Å²) in [5.41, 5.74) is 0. The molecule has 74 valence electrons. The molecule has 0 N–H and O–H groups in total. The van der Waals surface area contributed by atoms with Gasteiger partial charge in [-0.2, -0.15) is 13.2 Å². The highest BCUT2D eigenvalue weighted by molar-refractivity contribution is 7.85. The van der Waals surface area contributed by atoms with Gasteiger partial charge < -0.3 is 0 Å². The quantitative estimate of drug-likeness (QED) is 0.684. The van der Waals surface area contributed by atoms with Gasteiger partial charge in [0.25, 0.3) is 0 Å². The highest BCUT2D eigenvalue weighted by Gasteiger charge is 2.26. The van der Waals surface area contributed by atoms with E-state index in [2.05, 4.69) is 0 Å². The second kappa shape index (κ2) is 4.84. The zero-order valence-corrected chi connectivity index (χ0v) is 7.97. The van der Waals surface area contributed by atoms with Gasteiger partial charge in [-0.05, 0) is 6.42 Å². The lowest BCUT2D eigenvalue weighted by molar-refractivity contribution is -0.134. The Kier molecular flexibility index (Phi) is 4.82. The van der Waals surface area contributed by atoms with Crippen molar-refractivity contribution >= 4 is 10.8 Å². The van der Waals surface area contributed by atoms with Gasteiger partial charge in [0.1, 0.15) is 0 Å². The van der Waals surface area contributed by atoms with Crippen molar-refractivity contribution < 1.29 is 17.4 Å². The fourth-order valence-corrected chi connectivity index (χ4v) is 1.55. The number of halogens is 3. The Balaban J connectivity index is 3.51. The van der Waals surface area contributed by atoms with Crippen LogP contribution in [0.1, 0.15) is 26.7 Å². The molecule has 0 aromatic rings. The van der Waals surface area contributed by atoms with Crippen molar-refractivity contribution in [2.24, 2.45) is 0 Å². The first-order valence-corrected chi connectivity index (χ1v) is 5.15. The number of rotatable bonds is 4. The zero-order valence-electron chi connectivity index (χ0n) is 7.15. The average molecular weight is 202 g/mol. The van der Waals surface area contributed by atoms with E-state index in [0.717, 1.165) is 0 Å². The lowest BCUT2D eigenvalue weighted by Gasteiger charge is -2.07. The normalized spacial score (nSPS) is 15.2. The second-order valence-corrected chi connectivity index (χ2v) is 4.96. The van der Waals surface area contributed by atoms with Crippen LogP contribution >= 0.6 is 0 Å². The summed E-state index contributed by atoms with van der Waals surface area (Å²) in [6, 6.07) is 0. The lowest BCUT2D eigenvalue weighted by Crippen LogP contribution is -2.13. The summed E-state index contributed by atoms with van der Waals surface area (Å²) in [6.45, 7) is 3.48. The fourth-order valence-electron chi connectivity index (χ4n) is 0.651. The van der Waals surface area contributed by atoms with E-state index >= 15 is 0 Å². The van der Waals surface area contributed by atoms with E-state index in [-0.39, 0.29) is 17.4 Å². The fraction of sp³-hybridized carbons (Fsp3) is 1.00. The molecule has 0 amide bonds. The van der Waals surface area contributed by atoms with E-state index in [1.165, 1.54) is 0 Å². The van der Waals surface area contributed by atoms with Crippen LogP contribution in [0.2, 0.25) is 0 Å². The molecule has 12 heavy (non-hydrogen) atoms. The monoisotopic (exact) mass is 202 g/mol. The molecule has 0 bridgehead atoms. The van der Waals surface area contributed by atoms with E-state index in [4.69, 9.17) is 0 Å². The maximum Gasteiger partial charge on any atom is 0.389 e. The average Bonchev–Trinajstić information content (AvgIpc) is 1.84. The maximum atomic E-state index is 11.6. The summed E-state index contributed by atoms with van der Waals surface area (Å²) >= 11 is 0. The molecule has 5 heteroatoms. The third-order valence-electron chi connectivity index (χ3n) is 1.33. The first-order valence-electron chi connectivity index (χ1n) is 3.77. The lowest BCUT2D eigenvalue weighted by atomic mass is 10.3. The standard InChI is InChI=1S/C7H13F3OS/c1-6(2)12(11)5-3-4-7(8,9)10/h6H,3-5H2,1-2H3. The van der Waals surface area contributed by atoms with Crippen LogP contribution < -0.4 is 0 Å². The Bertz CT molecular complexity index is 153. The Morgan fingerprint density at radius 1 is 1.33 bits per heavy atom. The summed E-state index contributed by atoms with van der Waals surface area (Å²) in [5.74, 6) is 0.150. The van der Waals surface area contributed by atoms with Crippen LogP contribution in [0.25, 0.3) is 0 Å². The van der Waals surface area contributed by atoms with Gasteiger partial charge in [0.2, 0.25) is 0 Å². The minimum Gasteiger partial charge on any atom is -0.259 e. The maximum absolute atomic E-state index is 11.6. The first-order chi connectivity index (χ1) is 5.33. The van der Waals surface area contributed by atoms with Crippen molar-refractivity contribution in [3.63, 3.8) is 0 Å². The Morgan fingerprint density at radius 3 is 2.17 bits per heavy atom. The smallest absolute Gasteiger partial charge is 0.259 e. The van der Waals surface area contributed by atoms with Gasteiger partial charge in [-0.25, -0.2) is 0 Å². The molecule has 0 heterocycles. The molecule has 0 aliphatic rings. The number of alkyl halides is 3. The van der Waals surface area contributed by atoms with Gasteiger partial charge in [0, 0.05) is 28.2 Å². The van der Waals surface area contributed by atoms with Crippen molar-refractivity contribution in [2.45, 2.75) is 38.1 Å². The molecule has 0 saturated heterocycles. The molecule has 1 nitrogen and oxygen atoms in total.